The molecule has 0 N–H and O–H groups in total. The van der Waals surface area contributed by atoms with Crippen LogP contribution in [0.25, 0.3) is 0 Å². The smallest absolute Gasteiger partial charge is 0.338 e. The number of hydrogen-bond acceptors (Lipinski definition) is 4. The SMILES string of the molecule is CCCCCCCCCOC(=O)c1cccc(C(=O)OC(C)CCCCCCCC)c1. The fraction of sp³-hybridized carbons (Fsp3) is 0.704. The van der Waals surface area contributed by atoms with Gasteiger partial charge in [0.05, 0.1) is 23.8 Å². The van der Waals surface area contributed by atoms with E-state index in [1.54, 1.807) is 24.3 Å². The number of esters is 2. The van der Waals surface area contributed by atoms with Gasteiger partial charge < -0.3 is 9.47 Å². The van der Waals surface area contributed by atoms with Crippen molar-refractivity contribution in [2.75, 3.05) is 6.61 Å². The number of unbranched alkanes of at least 4 members (excludes halogenated alkanes) is 11. The second kappa shape index (κ2) is 17.8. The molecule has 1 aromatic carbocycles. The zero-order valence-electron chi connectivity index (χ0n) is 20.1. The van der Waals surface area contributed by atoms with E-state index in [1.165, 1.54) is 64.2 Å². The summed E-state index contributed by atoms with van der Waals surface area (Å²) in [6.07, 6.45) is 16.3. The van der Waals surface area contributed by atoms with Gasteiger partial charge in [0.15, 0.2) is 0 Å². The molecule has 0 aliphatic carbocycles. The number of carbonyl (C=O) groups excluding carboxylic acids is 2. The lowest BCUT2D eigenvalue weighted by Gasteiger charge is -2.13. The first kappa shape index (κ1) is 27.2. The summed E-state index contributed by atoms with van der Waals surface area (Å²) >= 11 is 0. The fourth-order valence-corrected chi connectivity index (χ4v) is 3.60. The molecule has 0 fully saturated rings. The highest BCUT2D eigenvalue weighted by Gasteiger charge is 2.15. The van der Waals surface area contributed by atoms with Gasteiger partial charge in [0.1, 0.15) is 0 Å². The van der Waals surface area contributed by atoms with Crippen molar-refractivity contribution in [3.8, 4) is 0 Å². The second-order valence-electron chi connectivity index (χ2n) is 8.61. The topological polar surface area (TPSA) is 52.6 Å². The number of carbonyl (C=O) groups is 2. The van der Waals surface area contributed by atoms with Crippen molar-refractivity contribution < 1.29 is 19.1 Å². The minimum Gasteiger partial charge on any atom is -0.462 e. The van der Waals surface area contributed by atoms with E-state index < -0.39 is 0 Å². The van der Waals surface area contributed by atoms with E-state index >= 15 is 0 Å². The molecule has 1 unspecified atom stereocenters. The number of rotatable bonds is 18. The van der Waals surface area contributed by atoms with Crippen LogP contribution >= 0.6 is 0 Å². The van der Waals surface area contributed by atoms with Crippen LogP contribution in [0.15, 0.2) is 24.3 Å². The molecule has 0 heterocycles. The van der Waals surface area contributed by atoms with E-state index in [2.05, 4.69) is 13.8 Å². The van der Waals surface area contributed by atoms with Gasteiger partial charge >= 0.3 is 11.9 Å². The average Bonchev–Trinajstić information content (AvgIpc) is 2.77. The quantitative estimate of drug-likeness (QED) is 0.175. The van der Waals surface area contributed by atoms with Gasteiger partial charge in [0.25, 0.3) is 0 Å². The van der Waals surface area contributed by atoms with Gasteiger partial charge in [-0.05, 0) is 44.4 Å². The first-order valence-corrected chi connectivity index (χ1v) is 12.6. The molecule has 0 aliphatic rings. The summed E-state index contributed by atoms with van der Waals surface area (Å²) in [5.41, 5.74) is 0.807. The minimum atomic E-state index is -0.375. The lowest BCUT2D eigenvalue weighted by Crippen LogP contribution is -2.16. The molecule has 4 heteroatoms. The highest BCUT2D eigenvalue weighted by molar-refractivity contribution is 5.95. The first-order valence-electron chi connectivity index (χ1n) is 12.6. The van der Waals surface area contributed by atoms with E-state index in [4.69, 9.17) is 9.47 Å². The fourth-order valence-electron chi connectivity index (χ4n) is 3.60. The van der Waals surface area contributed by atoms with Crippen molar-refractivity contribution in [2.24, 2.45) is 0 Å². The van der Waals surface area contributed by atoms with Crippen LogP contribution < -0.4 is 0 Å². The standard InChI is InChI=1S/C27H44O4/c1-4-6-8-10-12-14-16-21-30-26(28)24-19-17-20-25(22-24)27(29)31-23(3)18-15-13-11-9-7-5-2/h17,19-20,22-23H,4-16,18,21H2,1-3H3. The molecule has 1 rings (SSSR count). The van der Waals surface area contributed by atoms with Gasteiger partial charge in [-0.25, -0.2) is 9.59 Å². The number of ether oxygens (including phenoxy) is 2. The number of benzene rings is 1. The van der Waals surface area contributed by atoms with E-state index in [1.807, 2.05) is 6.92 Å². The first-order chi connectivity index (χ1) is 15.1. The van der Waals surface area contributed by atoms with Gasteiger partial charge in [-0.1, -0.05) is 90.5 Å². The Labute approximate surface area is 190 Å². The van der Waals surface area contributed by atoms with Gasteiger partial charge in [-0.3, -0.25) is 0 Å². The van der Waals surface area contributed by atoms with Crippen molar-refractivity contribution in [1.82, 2.24) is 0 Å². The molecule has 0 aliphatic heterocycles. The lowest BCUT2D eigenvalue weighted by atomic mass is 10.1. The third-order valence-corrected chi connectivity index (χ3v) is 5.59. The van der Waals surface area contributed by atoms with Gasteiger partial charge in [-0.2, -0.15) is 0 Å². The summed E-state index contributed by atoms with van der Waals surface area (Å²) in [6.45, 7) is 6.79. The second-order valence-corrected chi connectivity index (χ2v) is 8.61. The molecule has 31 heavy (non-hydrogen) atoms. The largest absolute Gasteiger partial charge is 0.462 e. The van der Waals surface area contributed by atoms with Crippen LogP contribution in [-0.2, 0) is 9.47 Å². The van der Waals surface area contributed by atoms with Crippen LogP contribution in [0.3, 0.4) is 0 Å². The Bertz CT molecular complexity index is 611. The summed E-state index contributed by atoms with van der Waals surface area (Å²) in [5.74, 6) is -0.749. The average molecular weight is 433 g/mol. The zero-order chi connectivity index (χ0) is 22.7. The van der Waals surface area contributed by atoms with Crippen LogP contribution in [0.4, 0.5) is 0 Å². The van der Waals surface area contributed by atoms with Crippen LogP contribution in [-0.4, -0.2) is 24.6 Å². The van der Waals surface area contributed by atoms with Crippen molar-refractivity contribution in [3.05, 3.63) is 35.4 Å². The third kappa shape index (κ3) is 13.2. The maximum Gasteiger partial charge on any atom is 0.338 e. The number of hydrogen-bond donors (Lipinski definition) is 0. The van der Waals surface area contributed by atoms with Gasteiger partial charge in [-0.15, -0.1) is 0 Å². The Morgan fingerprint density at radius 2 is 1.26 bits per heavy atom. The van der Waals surface area contributed by atoms with Gasteiger partial charge in [0, 0.05) is 0 Å². The van der Waals surface area contributed by atoms with E-state index in [9.17, 15) is 9.59 Å². The summed E-state index contributed by atoms with van der Waals surface area (Å²) in [4.78, 5) is 24.7. The van der Waals surface area contributed by atoms with Crippen LogP contribution in [0.1, 0.15) is 131 Å². The highest BCUT2D eigenvalue weighted by Crippen LogP contribution is 2.14. The monoisotopic (exact) mass is 432 g/mol. The van der Waals surface area contributed by atoms with Crippen LogP contribution in [0.2, 0.25) is 0 Å². The molecular formula is C27H44O4. The Hall–Kier alpha value is -1.84. The third-order valence-electron chi connectivity index (χ3n) is 5.59. The molecule has 4 nitrogen and oxygen atoms in total. The van der Waals surface area contributed by atoms with E-state index in [-0.39, 0.29) is 18.0 Å². The van der Waals surface area contributed by atoms with Crippen molar-refractivity contribution >= 4 is 11.9 Å². The molecule has 1 atom stereocenters. The molecule has 1 aromatic rings. The molecular weight excluding hydrogens is 388 g/mol. The van der Waals surface area contributed by atoms with E-state index in [0.29, 0.717) is 17.7 Å². The summed E-state index contributed by atoms with van der Waals surface area (Å²) in [7, 11) is 0. The maximum atomic E-state index is 12.4. The van der Waals surface area contributed by atoms with Crippen molar-refractivity contribution in [1.29, 1.82) is 0 Å². The zero-order valence-corrected chi connectivity index (χ0v) is 20.1. The lowest BCUT2D eigenvalue weighted by molar-refractivity contribution is 0.0319. The molecule has 0 bridgehead atoms. The van der Waals surface area contributed by atoms with Crippen LogP contribution in [0.5, 0.6) is 0 Å². The summed E-state index contributed by atoms with van der Waals surface area (Å²) in [5, 5.41) is 0. The Balaban J connectivity index is 2.30. The van der Waals surface area contributed by atoms with Crippen LogP contribution in [0, 0.1) is 0 Å². The summed E-state index contributed by atoms with van der Waals surface area (Å²) in [6, 6.07) is 6.66. The Morgan fingerprint density at radius 1 is 0.742 bits per heavy atom. The predicted molar refractivity (Wildman–Crippen MR) is 128 cm³/mol. The van der Waals surface area contributed by atoms with Gasteiger partial charge in [0.2, 0.25) is 0 Å². The minimum absolute atomic E-state index is 0.119. The molecule has 176 valence electrons. The molecule has 0 saturated heterocycles. The predicted octanol–water partition coefficient (Wildman–Crippen LogP) is 7.89. The highest BCUT2D eigenvalue weighted by atomic mass is 16.5. The molecule has 0 spiro atoms. The molecule has 0 amide bonds. The molecule has 0 aromatic heterocycles. The van der Waals surface area contributed by atoms with E-state index in [0.717, 1.165) is 25.7 Å². The summed E-state index contributed by atoms with van der Waals surface area (Å²) < 4.78 is 10.9. The van der Waals surface area contributed by atoms with Crippen molar-refractivity contribution in [3.63, 3.8) is 0 Å². The Morgan fingerprint density at radius 3 is 1.87 bits per heavy atom. The Kier molecular flexibility index (Phi) is 15.6. The normalized spacial score (nSPS) is 11.8. The molecule has 0 radical (unpaired) electrons. The molecule has 0 saturated carbocycles. The maximum absolute atomic E-state index is 12.4. The van der Waals surface area contributed by atoms with Crippen molar-refractivity contribution in [2.45, 2.75) is 117 Å².